The molecule has 158 valence electrons. The number of nitrogens with one attached hydrogen (secondary N) is 1. The highest BCUT2D eigenvalue weighted by Crippen LogP contribution is 2.25. The van der Waals surface area contributed by atoms with Gasteiger partial charge in [-0.25, -0.2) is 10.2 Å². The average Bonchev–Trinajstić information content (AvgIpc) is 3.29. The van der Waals surface area contributed by atoms with Gasteiger partial charge in [0.25, 0.3) is 5.91 Å². The van der Waals surface area contributed by atoms with Gasteiger partial charge in [-0.3, -0.25) is 14.9 Å². The number of hydrazone groups is 1. The Morgan fingerprint density at radius 1 is 1.16 bits per heavy atom. The van der Waals surface area contributed by atoms with E-state index in [0.717, 1.165) is 0 Å². The molecule has 0 fully saturated rings. The first-order valence-electron chi connectivity index (χ1n) is 8.67. The lowest BCUT2D eigenvalue weighted by Gasteiger charge is -2.07. The molecule has 11 heteroatoms. The van der Waals surface area contributed by atoms with Crippen molar-refractivity contribution in [2.75, 3.05) is 6.61 Å². The summed E-state index contributed by atoms with van der Waals surface area (Å²) >= 11 is 3.31. The summed E-state index contributed by atoms with van der Waals surface area (Å²) in [4.78, 5) is 34.4. The summed E-state index contributed by atoms with van der Waals surface area (Å²) in [6.07, 6.45) is 2.63. The van der Waals surface area contributed by atoms with E-state index in [9.17, 15) is 19.7 Å². The molecule has 0 radical (unpaired) electrons. The molecule has 1 heterocycles. The van der Waals surface area contributed by atoms with E-state index in [1.807, 2.05) is 0 Å². The topological polar surface area (TPSA) is 133 Å². The number of esters is 1. The zero-order chi connectivity index (χ0) is 22.2. The summed E-state index contributed by atoms with van der Waals surface area (Å²) in [6, 6.07) is 13.6. The highest BCUT2D eigenvalue weighted by atomic mass is 79.9. The molecule has 0 aliphatic carbocycles. The minimum atomic E-state index is -0.691. The maximum absolute atomic E-state index is 12.1. The third kappa shape index (κ3) is 6.00. The fourth-order valence-corrected chi connectivity index (χ4v) is 2.72. The Labute approximate surface area is 183 Å². The second-order valence-electron chi connectivity index (χ2n) is 5.86. The molecule has 3 rings (SSSR count). The number of furan rings is 1. The van der Waals surface area contributed by atoms with Crippen molar-refractivity contribution in [3.8, 4) is 11.5 Å². The van der Waals surface area contributed by atoms with Crippen molar-refractivity contribution in [1.82, 2.24) is 5.43 Å². The van der Waals surface area contributed by atoms with E-state index >= 15 is 0 Å². The number of para-hydroxylation sites is 2. The Kier molecular flexibility index (Phi) is 7.12. The predicted molar refractivity (Wildman–Crippen MR) is 112 cm³/mol. The highest BCUT2D eigenvalue weighted by molar-refractivity contribution is 9.10. The van der Waals surface area contributed by atoms with Gasteiger partial charge >= 0.3 is 11.7 Å². The Morgan fingerprint density at radius 2 is 1.97 bits per heavy atom. The van der Waals surface area contributed by atoms with E-state index < -0.39 is 23.4 Å². The van der Waals surface area contributed by atoms with Gasteiger partial charge in [-0.05, 0) is 36.4 Å². The summed E-state index contributed by atoms with van der Waals surface area (Å²) in [5.41, 5.74) is 2.38. The van der Waals surface area contributed by atoms with Crippen LogP contribution in [0, 0.1) is 10.1 Å². The fraction of sp³-hybridized carbons (Fsp3) is 0.0500. The van der Waals surface area contributed by atoms with Crippen LogP contribution in [-0.2, 0) is 4.79 Å². The first-order chi connectivity index (χ1) is 14.9. The number of nitro groups is 1. The number of carbonyl (C=O) groups excluding carboxylic acids is 2. The van der Waals surface area contributed by atoms with Crippen LogP contribution >= 0.6 is 15.9 Å². The van der Waals surface area contributed by atoms with Crippen LogP contribution in [0.2, 0.25) is 0 Å². The van der Waals surface area contributed by atoms with Gasteiger partial charge in [-0.1, -0.05) is 28.1 Å². The zero-order valence-corrected chi connectivity index (χ0v) is 17.3. The quantitative estimate of drug-likeness (QED) is 0.168. The molecule has 3 aromatic rings. The van der Waals surface area contributed by atoms with E-state index in [-0.39, 0.29) is 22.9 Å². The van der Waals surface area contributed by atoms with Gasteiger partial charge in [0.15, 0.2) is 12.4 Å². The lowest BCUT2D eigenvalue weighted by atomic mass is 10.2. The van der Waals surface area contributed by atoms with Crippen molar-refractivity contribution >= 4 is 39.7 Å². The van der Waals surface area contributed by atoms with Crippen LogP contribution in [0.25, 0.3) is 0 Å². The van der Waals surface area contributed by atoms with Crippen molar-refractivity contribution in [2.24, 2.45) is 5.10 Å². The molecule has 1 amide bonds. The number of rotatable bonds is 8. The third-order valence-corrected chi connectivity index (χ3v) is 4.20. The van der Waals surface area contributed by atoms with Crippen LogP contribution in [0.3, 0.4) is 0 Å². The molecule has 1 N–H and O–H groups in total. The largest absolute Gasteiger partial charge is 0.477 e. The van der Waals surface area contributed by atoms with Crippen molar-refractivity contribution in [3.63, 3.8) is 0 Å². The number of nitro benzene ring substituents is 1. The van der Waals surface area contributed by atoms with Crippen molar-refractivity contribution < 1.29 is 28.4 Å². The smallest absolute Gasteiger partial charge is 0.379 e. The number of amides is 1. The third-order valence-electron chi connectivity index (χ3n) is 3.71. The maximum atomic E-state index is 12.1. The monoisotopic (exact) mass is 487 g/mol. The number of carbonyl (C=O) groups is 2. The van der Waals surface area contributed by atoms with Crippen LogP contribution < -0.4 is 14.9 Å². The first kappa shape index (κ1) is 21.7. The zero-order valence-electron chi connectivity index (χ0n) is 15.7. The van der Waals surface area contributed by atoms with Crippen LogP contribution in [0.1, 0.15) is 16.1 Å². The number of hydrogen-bond donors (Lipinski definition) is 1. The molecule has 10 nitrogen and oxygen atoms in total. The van der Waals surface area contributed by atoms with E-state index in [2.05, 4.69) is 26.5 Å². The minimum absolute atomic E-state index is 0.0336. The number of hydrogen-bond acceptors (Lipinski definition) is 8. The van der Waals surface area contributed by atoms with Gasteiger partial charge in [0.05, 0.1) is 17.4 Å². The van der Waals surface area contributed by atoms with Gasteiger partial charge in [-0.15, -0.1) is 0 Å². The molecular formula is C20H14BrN3O7. The second-order valence-corrected chi connectivity index (χ2v) is 6.77. The number of halogens is 1. The molecule has 2 aromatic carbocycles. The second kappa shape index (κ2) is 10.2. The normalized spacial score (nSPS) is 10.6. The Hall–Kier alpha value is -3.99. The standard InChI is InChI=1S/C20H14BrN3O7/c21-14-7-8-16(31-20(26)18-6-3-9-29-18)13(10-14)11-22-23-19(25)12-30-17-5-2-1-4-15(17)24(27)28/h1-11H,12H2,(H,23,25)/b22-11-. The lowest BCUT2D eigenvalue weighted by Crippen LogP contribution is -2.24. The molecule has 0 saturated carbocycles. The predicted octanol–water partition coefficient (Wildman–Crippen LogP) is 3.70. The van der Waals surface area contributed by atoms with Gasteiger partial charge < -0.3 is 13.9 Å². The van der Waals surface area contributed by atoms with Crippen molar-refractivity contribution in [2.45, 2.75) is 0 Å². The van der Waals surface area contributed by atoms with E-state index in [1.165, 1.54) is 36.7 Å². The molecule has 0 atom stereocenters. The van der Waals surface area contributed by atoms with Gasteiger partial charge in [0.2, 0.25) is 5.76 Å². The Balaban J connectivity index is 1.61. The van der Waals surface area contributed by atoms with Crippen LogP contribution in [0.15, 0.2) is 74.9 Å². The van der Waals surface area contributed by atoms with Crippen LogP contribution in [0.4, 0.5) is 5.69 Å². The Bertz CT molecular complexity index is 1130. The fourth-order valence-electron chi connectivity index (χ4n) is 2.34. The summed E-state index contributed by atoms with van der Waals surface area (Å²) in [6.45, 7) is -0.485. The highest BCUT2D eigenvalue weighted by Gasteiger charge is 2.15. The molecule has 0 spiro atoms. The summed E-state index contributed by atoms with van der Waals surface area (Å²) in [7, 11) is 0. The van der Waals surface area contributed by atoms with Crippen molar-refractivity contribution in [3.05, 3.63) is 86.8 Å². The molecule has 1 aromatic heterocycles. The first-order valence-corrected chi connectivity index (χ1v) is 9.46. The Morgan fingerprint density at radius 3 is 2.71 bits per heavy atom. The number of benzene rings is 2. The summed E-state index contributed by atoms with van der Waals surface area (Å²) < 4.78 is 16.2. The maximum Gasteiger partial charge on any atom is 0.379 e. The van der Waals surface area contributed by atoms with Crippen LogP contribution in [-0.4, -0.2) is 29.6 Å². The van der Waals surface area contributed by atoms with Gasteiger partial charge in [-0.2, -0.15) is 5.10 Å². The molecule has 0 aliphatic rings. The molecule has 31 heavy (non-hydrogen) atoms. The van der Waals surface area contributed by atoms with Gasteiger partial charge in [0.1, 0.15) is 5.75 Å². The molecular weight excluding hydrogens is 474 g/mol. The molecule has 0 saturated heterocycles. The lowest BCUT2D eigenvalue weighted by molar-refractivity contribution is -0.385. The van der Waals surface area contributed by atoms with E-state index in [1.54, 1.807) is 30.3 Å². The molecule has 0 aliphatic heterocycles. The van der Waals surface area contributed by atoms with E-state index in [4.69, 9.17) is 13.9 Å². The average molecular weight is 488 g/mol. The van der Waals surface area contributed by atoms with Gasteiger partial charge in [0, 0.05) is 16.1 Å². The summed E-state index contributed by atoms with van der Waals surface area (Å²) in [5.74, 6) is -1.14. The number of nitrogens with zero attached hydrogens (tertiary/aromatic N) is 2. The molecule has 0 unspecified atom stereocenters. The SMILES string of the molecule is O=C(COc1ccccc1[N+](=O)[O-])N/N=C\c1cc(Br)ccc1OC(=O)c1ccco1. The molecule has 0 bridgehead atoms. The van der Waals surface area contributed by atoms with Crippen molar-refractivity contribution in [1.29, 1.82) is 0 Å². The van der Waals surface area contributed by atoms with E-state index in [0.29, 0.717) is 10.0 Å². The minimum Gasteiger partial charge on any atom is -0.477 e. The van der Waals surface area contributed by atoms with Crippen LogP contribution in [0.5, 0.6) is 11.5 Å². The summed E-state index contributed by atoms with van der Waals surface area (Å²) in [5, 5.41) is 14.8. The number of ether oxygens (including phenoxy) is 2.